The number of pyridine rings is 1. The minimum atomic E-state index is -0.128. The van der Waals surface area contributed by atoms with Crippen molar-refractivity contribution >= 4 is 10.9 Å². The third-order valence-corrected chi connectivity index (χ3v) is 5.06. The first-order valence-electron chi connectivity index (χ1n) is 9.86. The third kappa shape index (κ3) is 4.10. The van der Waals surface area contributed by atoms with Gasteiger partial charge in [0.2, 0.25) is 0 Å². The molecule has 1 fully saturated rings. The maximum Gasteiger partial charge on any atom is 0.259 e. The van der Waals surface area contributed by atoms with Crippen LogP contribution in [0.15, 0.2) is 41.5 Å². The van der Waals surface area contributed by atoms with Crippen molar-refractivity contribution in [2.24, 2.45) is 0 Å². The van der Waals surface area contributed by atoms with Crippen LogP contribution in [0.1, 0.15) is 13.3 Å². The minimum Gasteiger partial charge on any atom is -0.494 e. The molecule has 0 amide bonds. The molecule has 2 aromatic heterocycles. The smallest absolute Gasteiger partial charge is 0.259 e. The van der Waals surface area contributed by atoms with Gasteiger partial charge >= 0.3 is 0 Å². The topological polar surface area (TPSA) is 72.4 Å². The summed E-state index contributed by atoms with van der Waals surface area (Å²) >= 11 is 0. The van der Waals surface area contributed by atoms with Gasteiger partial charge < -0.3 is 19.0 Å². The molecule has 0 aliphatic carbocycles. The van der Waals surface area contributed by atoms with Crippen molar-refractivity contribution < 1.29 is 9.47 Å². The zero-order chi connectivity index (χ0) is 19.3. The summed E-state index contributed by atoms with van der Waals surface area (Å²) in [6.07, 6.45) is 4.70. The number of ether oxygens (including phenoxy) is 2. The molecule has 7 nitrogen and oxygen atoms in total. The SMILES string of the molecule is CCOc1ccc2[nH]c(=O)c(-c3nccn3CCCN3CCOCC3)cc2c1. The number of fused-ring (bicyclic) bond motifs is 1. The number of rotatable bonds is 7. The molecule has 0 unspecified atom stereocenters. The second-order valence-electron chi connectivity index (χ2n) is 6.95. The molecular weight excluding hydrogens is 356 g/mol. The van der Waals surface area contributed by atoms with E-state index in [0.717, 1.165) is 62.5 Å². The van der Waals surface area contributed by atoms with Crippen molar-refractivity contribution in [1.29, 1.82) is 0 Å². The average molecular weight is 382 g/mol. The second-order valence-corrected chi connectivity index (χ2v) is 6.95. The molecule has 0 atom stereocenters. The summed E-state index contributed by atoms with van der Waals surface area (Å²) in [4.78, 5) is 22.5. The molecule has 1 aliphatic rings. The van der Waals surface area contributed by atoms with E-state index in [1.165, 1.54) is 0 Å². The largest absolute Gasteiger partial charge is 0.494 e. The van der Waals surface area contributed by atoms with E-state index >= 15 is 0 Å². The number of morpholine rings is 1. The highest BCUT2D eigenvalue weighted by Gasteiger charge is 2.13. The molecule has 4 rings (SSSR count). The van der Waals surface area contributed by atoms with E-state index in [1.807, 2.05) is 37.4 Å². The molecular formula is C21H26N4O3. The monoisotopic (exact) mass is 382 g/mol. The number of aromatic amines is 1. The lowest BCUT2D eigenvalue weighted by atomic mass is 10.1. The number of nitrogens with zero attached hydrogens (tertiary/aromatic N) is 3. The van der Waals surface area contributed by atoms with Gasteiger partial charge in [-0.15, -0.1) is 0 Å². The quantitative estimate of drug-likeness (QED) is 0.680. The zero-order valence-corrected chi connectivity index (χ0v) is 16.2. The first-order chi connectivity index (χ1) is 13.7. The highest BCUT2D eigenvalue weighted by atomic mass is 16.5. The summed E-state index contributed by atoms with van der Waals surface area (Å²) in [6, 6.07) is 7.59. The van der Waals surface area contributed by atoms with Crippen LogP contribution in [0, 0.1) is 0 Å². The Bertz CT molecular complexity index is 989. The van der Waals surface area contributed by atoms with Gasteiger partial charge in [0.15, 0.2) is 0 Å². The molecule has 1 saturated heterocycles. The number of imidazole rings is 1. The van der Waals surface area contributed by atoms with E-state index in [1.54, 1.807) is 6.20 Å². The number of aryl methyl sites for hydroxylation is 1. The van der Waals surface area contributed by atoms with Crippen LogP contribution in [0.2, 0.25) is 0 Å². The summed E-state index contributed by atoms with van der Waals surface area (Å²) in [5.74, 6) is 1.49. The lowest BCUT2D eigenvalue weighted by molar-refractivity contribution is 0.0369. The molecule has 1 aromatic carbocycles. The predicted molar refractivity (Wildman–Crippen MR) is 109 cm³/mol. The van der Waals surface area contributed by atoms with E-state index in [2.05, 4.69) is 19.4 Å². The van der Waals surface area contributed by atoms with Crippen LogP contribution in [-0.2, 0) is 11.3 Å². The van der Waals surface area contributed by atoms with Crippen LogP contribution in [0.5, 0.6) is 5.75 Å². The van der Waals surface area contributed by atoms with Crippen molar-refractivity contribution in [2.75, 3.05) is 39.5 Å². The van der Waals surface area contributed by atoms with Crippen molar-refractivity contribution in [2.45, 2.75) is 19.9 Å². The Hall–Kier alpha value is -2.64. The molecule has 7 heteroatoms. The van der Waals surface area contributed by atoms with Gasteiger partial charge in [-0.2, -0.15) is 0 Å². The maximum atomic E-state index is 12.7. The molecule has 3 aromatic rings. The highest BCUT2D eigenvalue weighted by Crippen LogP contribution is 2.23. The first-order valence-corrected chi connectivity index (χ1v) is 9.86. The maximum absolute atomic E-state index is 12.7. The van der Waals surface area contributed by atoms with E-state index < -0.39 is 0 Å². The fourth-order valence-electron chi connectivity index (χ4n) is 3.63. The van der Waals surface area contributed by atoms with E-state index in [0.29, 0.717) is 18.0 Å². The van der Waals surface area contributed by atoms with Crippen LogP contribution in [-0.4, -0.2) is 58.9 Å². The Morgan fingerprint density at radius 2 is 2.07 bits per heavy atom. The van der Waals surface area contributed by atoms with E-state index in [9.17, 15) is 4.79 Å². The summed E-state index contributed by atoms with van der Waals surface area (Å²) in [7, 11) is 0. The lowest BCUT2D eigenvalue weighted by Gasteiger charge is -2.26. The minimum absolute atomic E-state index is 0.128. The zero-order valence-electron chi connectivity index (χ0n) is 16.2. The van der Waals surface area contributed by atoms with E-state index in [4.69, 9.17) is 9.47 Å². The third-order valence-electron chi connectivity index (χ3n) is 5.06. The van der Waals surface area contributed by atoms with Crippen LogP contribution >= 0.6 is 0 Å². The van der Waals surface area contributed by atoms with Crippen molar-refractivity contribution in [1.82, 2.24) is 19.4 Å². The van der Waals surface area contributed by atoms with Gasteiger partial charge in [-0.05, 0) is 37.6 Å². The second kappa shape index (κ2) is 8.58. The Morgan fingerprint density at radius 3 is 2.89 bits per heavy atom. The first kappa shape index (κ1) is 18.7. The summed E-state index contributed by atoms with van der Waals surface area (Å²) < 4.78 is 13.0. The van der Waals surface area contributed by atoms with Crippen LogP contribution in [0.3, 0.4) is 0 Å². The van der Waals surface area contributed by atoms with Crippen LogP contribution in [0.25, 0.3) is 22.3 Å². The summed E-state index contributed by atoms with van der Waals surface area (Å²) in [6.45, 7) is 8.01. The van der Waals surface area contributed by atoms with Crippen molar-refractivity contribution in [3.63, 3.8) is 0 Å². The van der Waals surface area contributed by atoms with Gasteiger partial charge in [0.05, 0.1) is 25.4 Å². The number of benzene rings is 1. The van der Waals surface area contributed by atoms with Gasteiger partial charge in [-0.3, -0.25) is 9.69 Å². The Kier molecular flexibility index (Phi) is 5.73. The van der Waals surface area contributed by atoms with Gasteiger partial charge in [0.1, 0.15) is 11.6 Å². The molecule has 1 aliphatic heterocycles. The van der Waals surface area contributed by atoms with Crippen LogP contribution < -0.4 is 10.3 Å². The molecule has 0 spiro atoms. The predicted octanol–water partition coefficient (Wildman–Crippen LogP) is 2.51. The van der Waals surface area contributed by atoms with E-state index in [-0.39, 0.29) is 5.56 Å². The molecule has 28 heavy (non-hydrogen) atoms. The van der Waals surface area contributed by atoms with Gasteiger partial charge in [0.25, 0.3) is 5.56 Å². The van der Waals surface area contributed by atoms with Gasteiger partial charge in [-0.25, -0.2) is 4.98 Å². The van der Waals surface area contributed by atoms with Crippen molar-refractivity contribution in [3.05, 3.63) is 47.0 Å². The average Bonchev–Trinajstić information content (AvgIpc) is 3.17. The number of hydrogen-bond acceptors (Lipinski definition) is 5. The Balaban J connectivity index is 1.55. The summed E-state index contributed by atoms with van der Waals surface area (Å²) in [5.41, 5.74) is 1.25. The van der Waals surface area contributed by atoms with Gasteiger partial charge in [-0.1, -0.05) is 0 Å². The van der Waals surface area contributed by atoms with Crippen LogP contribution in [0.4, 0.5) is 0 Å². The molecule has 3 heterocycles. The number of H-pyrrole nitrogens is 1. The number of nitrogens with one attached hydrogen (secondary N) is 1. The van der Waals surface area contributed by atoms with Crippen molar-refractivity contribution in [3.8, 4) is 17.1 Å². The molecule has 0 bridgehead atoms. The fraction of sp³-hybridized carbons (Fsp3) is 0.429. The Labute approximate surface area is 163 Å². The molecule has 1 N–H and O–H groups in total. The number of aromatic nitrogens is 3. The molecule has 0 radical (unpaired) electrons. The fourth-order valence-corrected chi connectivity index (χ4v) is 3.63. The standard InChI is InChI=1S/C21H26N4O3/c1-2-28-17-4-5-19-16(14-17)15-18(21(26)23-19)20-22-6-9-25(20)8-3-7-24-10-12-27-13-11-24/h4-6,9,14-15H,2-3,7-8,10-13H2,1H3,(H,23,26). The molecule has 148 valence electrons. The molecule has 0 saturated carbocycles. The highest BCUT2D eigenvalue weighted by molar-refractivity contribution is 5.83. The van der Waals surface area contributed by atoms with Gasteiger partial charge in [0, 0.05) is 49.5 Å². The number of hydrogen-bond donors (Lipinski definition) is 1. The summed E-state index contributed by atoms with van der Waals surface area (Å²) in [5, 5.41) is 0.934. The lowest BCUT2D eigenvalue weighted by Crippen LogP contribution is -2.37. The normalized spacial score (nSPS) is 15.2. The Morgan fingerprint density at radius 1 is 1.21 bits per heavy atom.